The zero-order valence-electron chi connectivity index (χ0n) is 19.9. The first-order chi connectivity index (χ1) is 18.0. The number of imide groups is 2. The number of hydrogen-bond donors (Lipinski definition) is 6. The van der Waals surface area contributed by atoms with Gasteiger partial charge in [0, 0.05) is 18.7 Å². The smallest absolute Gasteiger partial charge is 0.328 e. The fraction of sp³-hybridized carbons (Fsp3) is 0.273. The van der Waals surface area contributed by atoms with Gasteiger partial charge in [0.15, 0.2) is 0 Å². The van der Waals surface area contributed by atoms with Gasteiger partial charge in [0.2, 0.25) is 6.04 Å². The highest BCUT2D eigenvalue weighted by Crippen LogP contribution is 2.36. The summed E-state index contributed by atoms with van der Waals surface area (Å²) in [5, 5.41) is 31.0. The molecule has 2 aromatic carbocycles. The number of aliphatic hydroxyl groups is 2. The van der Waals surface area contributed by atoms with Crippen molar-refractivity contribution in [3.05, 3.63) is 42.0 Å². The molecule has 1 aromatic heterocycles. The van der Waals surface area contributed by atoms with E-state index >= 15 is 0 Å². The van der Waals surface area contributed by atoms with E-state index in [0.29, 0.717) is 45.1 Å². The van der Waals surface area contributed by atoms with Crippen molar-refractivity contribution in [2.24, 2.45) is 10.2 Å². The minimum Gasteiger partial charge on any atom is -0.395 e. The largest absolute Gasteiger partial charge is 0.395 e. The molecule has 0 radical (unpaired) electrons. The van der Waals surface area contributed by atoms with E-state index in [9.17, 15) is 27.4 Å². The number of nitrogens with zero attached hydrogens (tertiary/aromatic N) is 3. The number of amides is 4. The Morgan fingerprint density at radius 2 is 1.61 bits per heavy atom. The van der Waals surface area contributed by atoms with Gasteiger partial charge in [-0.3, -0.25) is 24.8 Å². The van der Waals surface area contributed by atoms with Gasteiger partial charge >= 0.3 is 6.03 Å². The quantitative estimate of drug-likeness (QED) is 0.0982. The summed E-state index contributed by atoms with van der Waals surface area (Å²) in [5.41, 5.74) is 1.86. The van der Waals surface area contributed by atoms with Crippen molar-refractivity contribution >= 4 is 55.2 Å². The molecule has 1 aliphatic rings. The predicted molar refractivity (Wildman–Crippen MR) is 137 cm³/mol. The first-order valence-corrected chi connectivity index (χ1v) is 13.3. The van der Waals surface area contributed by atoms with Crippen molar-refractivity contribution in [2.45, 2.75) is 17.9 Å². The van der Waals surface area contributed by atoms with Crippen LogP contribution in [0.4, 0.5) is 10.5 Å². The molecule has 1 aliphatic heterocycles. The zero-order valence-corrected chi connectivity index (χ0v) is 21.5. The molecular formula is C22H24N6O8S2. The highest BCUT2D eigenvalue weighted by atomic mass is 32.2. The normalized spacial score (nSPS) is 14.4. The van der Waals surface area contributed by atoms with Crippen LogP contribution >= 0.6 is 11.3 Å². The number of fused-ring (bicyclic) bond motifs is 1. The molecule has 1 fully saturated rings. The second-order valence-electron chi connectivity index (χ2n) is 7.72. The van der Waals surface area contributed by atoms with Gasteiger partial charge in [-0.2, -0.15) is 18.6 Å². The Labute approximate surface area is 220 Å². The molecule has 4 amide bonds. The summed E-state index contributed by atoms with van der Waals surface area (Å²) >= 11 is 1.12. The average Bonchev–Trinajstić information content (AvgIpc) is 3.27. The fourth-order valence-corrected chi connectivity index (χ4v) is 5.52. The standard InChI is InChI=1S/C18H13N5O6S2.C4H11NO2/c1-8-2-7-11-13(14(8)31(27,28)29)30-17(19-11)9-3-5-10(6-4-9)22-23-12-15(24)20-18(26)21-16(12)25;6-3-1-5-2-4-7/h2-7,12H,1H3,(H,27,28,29)(H2,20,21,24,25,26);5-7H,1-4H2. The van der Waals surface area contributed by atoms with Crippen LogP contribution in [0.2, 0.25) is 0 Å². The van der Waals surface area contributed by atoms with Crippen molar-refractivity contribution in [3.8, 4) is 10.6 Å². The molecule has 14 nitrogen and oxygen atoms in total. The van der Waals surface area contributed by atoms with Gasteiger partial charge in [-0.1, -0.05) is 6.07 Å². The van der Waals surface area contributed by atoms with E-state index in [2.05, 4.69) is 20.5 Å². The van der Waals surface area contributed by atoms with Crippen molar-refractivity contribution in [3.63, 3.8) is 0 Å². The summed E-state index contributed by atoms with van der Waals surface area (Å²) in [4.78, 5) is 38.6. The second-order valence-corrected chi connectivity index (χ2v) is 10.1. The predicted octanol–water partition coefficient (Wildman–Crippen LogP) is 0.897. The Hall–Kier alpha value is -3.67. The van der Waals surface area contributed by atoms with Crippen molar-refractivity contribution in [2.75, 3.05) is 26.3 Å². The molecule has 38 heavy (non-hydrogen) atoms. The molecule has 1 saturated heterocycles. The van der Waals surface area contributed by atoms with Crippen LogP contribution < -0.4 is 16.0 Å². The topological polar surface area (TPSA) is 220 Å². The van der Waals surface area contributed by atoms with Crippen LogP contribution in [0.3, 0.4) is 0 Å². The van der Waals surface area contributed by atoms with Crippen LogP contribution in [0.5, 0.6) is 0 Å². The molecule has 4 rings (SSSR count). The minimum absolute atomic E-state index is 0.139. The number of rotatable bonds is 8. The fourth-order valence-electron chi connectivity index (χ4n) is 3.20. The summed E-state index contributed by atoms with van der Waals surface area (Å²) in [7, 11) is -4.41. The molecule has 0 saturated carbocycles. The lowest BCUT2D eigenvalue weighted by Crippen LogP contribution is -2.57. The SMILES string of the molecule is Cc1ccc2nc(-c3ccc(N=NC4C(=O)NC(=O)NC4=O)cc3)sc2c1S(=O)(=O)O.OCCNCCO. The lowest BCUT2D eigenvalue weighted by molar-refractivity contribution is -0.131. The number of azo groups is 1. The Bertz CT molecular complexity index is 1450. The highest BCUT2D eigenvalue weighted by molar-refractivity contribution is 7.86. The van der Waals surface area contributed by atoms with Crippen LogP contribution in [0.15, 0.2) is 51.5 Å². The van der Waals surface area contributed by atoms with Gasteiger partial charge in [-0.15, -0.1) is 11.3 Å². The summed E-state index contributed by atoms with van der Waals surface area (Å²) in [6.07, 6.45) is 0. The van der Waals surface area contributed by atoms with Crippen LogP contribution in [-0.2, 0) is 19.7 Å². The third-order valence-electron chi connectivity index (χ3n) is 4.92. The molecule has 6 N–H and O–H groups in total. The van der Waals surface area contributed by atoms with Gasteiger partial charge in [0.25, 0.3) is 21.9 Å². The summed E-state index contributed by atoms with van der Waals surface area (Å²) in [6.45, 7) is 3.01. The first kappa shape index (κ1) is 28.9. The number of urea groups is 1. The maximum absolute atomic E-state index is 11.8. The Balaban J connectivity index is 0.000000505. The zero-order chi connectivity index (χ0) is 27.9. The summed E-state index contributed by atoms with van der Waals surface area (Å²) in [5.74, 6) is -1.73. The van der Waals surface area contributed by atoms with Crippen molar-refractivity contribution in [1.82, 2.24) is 20.9 Å². The molecule has 16 heteroatoms. The maximum Gasteiger partial charge on any atom is 0.328 e. The molecule has 202 valence electrons. The Morgan fingerprint density at radius 1 is 1.00 bits per heavy atom. The molecular weight excluding hydrogens is 540 g/mol. The lowest BCUT2D eigenvalue weighted by Gasteiger charge is -2.16. The van der Waals surface area contributed by atoms with Crippen molar-refractivity contribution in [1.29, 1.82) is 0 Å². The van der Waals surface area contributed by atoms with E-state index in [4.69, 9.17) is 10.2 Å². The third kappa shape index (κ3) is 7.21. The van der Waals surface area contributed by atoms with Gasteiger partial charge in [0.05, 0.1) is 29.1 Å². The van der Waals surface area contributed by atoms with Crippen molar-refractivity contribution < 1.29 is 37.6 Å². The number of thiazole rings is 1. The van der Waals surface area contributed by atoms with Crippen LogP contribution in [0.25, 0.3) is 20.8 Å². The molecule has 2 heterocycles. The molecule has 0 bridgehead atoms. The van der Waals surface area contributed by atoms with Gasteiger partial charge < -0.3 is 15.5 Å². The van der Waals surface area contributed by atoms with E-state index < -0.39 is 34.0 Å². The van der Waals surface area contributed by atoms with Crippen LogP contribution in [-0.4, -0.2) is 78.4 Å². The van der Waals surface area contributed by atoms with Crippen LogP contribution in [0, 0.1) is 6.92 Å². The van der Waals surface area contributed by atoms with Crippen LogP contribution in [0.1, 0.15) is 5.56 Å². The summed E-state index contributed by atoms with van der Waals surface area (Å²) < 4.78 is 33.4. The molecule has 3 aromatic rings. The third-order valence-corrected chi connectivity index (χ3v) is 7.23. The minimum atomic E-state index is -4.41. The number of aromatic nitrogens is 1. The number of barbiturate groups is 1. The monoisotopic (exact) mass is 564 g/mol. The lowest BCUT2D eigenvalue weighted by atomic mass is 10.2. The van der Waals surface area contributed by atoms with E-state index in [1.54, 1.807) is 43.3 Å². The number of benzene rings is 2. The van der Waals surface area contributed by atoms with Gasteiger partial charge in [0.1, 0.15) is 9.90 Å². The van der Waals surface area contributed by atoms with E-state index in [1.165, 1.54) is 0 Å². The maximum atomic E-state index is 11.8. The molecule has 0 spiro atoms. The summed E-state index contributed by atoms with van der Waals surface area (Å²) in [6, 6.07) is 7.34. The van der Waals surface area contributed by atoms with Gasteiger partial charge in [-0.25, -0.2) is 9.78 Å². The van der Waals surface area contributed by atoms with E-state index in [0.717, 1.165) is 11.3 Å². The second kappa shape index (κ2) is 12.7. The number of nitrogens with one attached hydrogen (secondary N) is 3. The molecule has 0 aliphatic carbocycles. The highest BCUT2D eigenvalue weighted by Gasteiger charge is 2.34. The average molecular weight is 565 g/mol. The molecule has 0 atom stereocenters. The first-order valence-electron chi connectivity index (χ1n) is 11.0. The number of carbonyl (C=O) groups is 3. The number of aliphatic hydroxyl groups excluding tert-OH is 2. The number of hydrogen-bond acceptors (Lipinski definition) is 12. The van der Waals surface area contributed by atoms with E-state index in [-0.39, 0.29) is 18.1 Å². The number of aryl methyl sites for hydroxylation is 1. The molecule has 0 unspecified atom stereocenters. The van der Waals surface area contributed by atoms with E-state index in [1.807, 2.05) is 10.6 Å². The Kier molecular flexibility index (Phi) is 9.67. The Morgan fingerprint density at radius 3 is 2.16 bits per heavy atom. The van der Waals surface area contributed by atoms with Gasteiger partial charge in [-0.05, 0) is 42.8 Å². The number of carbonyl (C=O) groups excluding carboxylic acids is 3.